The van der Waals surface area contributed by atoms with Gasteiger partial charge in [-0.15, -0.1) is 10.2 Å². The van der Waals surface area contributed by atoms with Gasteiger partial charge in [0.2, 0.25) is 0 Å². The first kappa shape index (κ1) is 21.1. The highest BCUT2D eigenvalue weighted by molar-refractivity contribution is 7.09. The molecule has 0 spiro atoms. The van der Waals surface area contributed by atoms with Gasteiger partial charge in [0, 0.05) is 18.7 Å². The lowest BCUT2D eigenvalue weighted by Gasteiger charge is -2.35. The molecular weight excluding hydrogens is 454 g/mol. The SMILES string of the molecule is Cc1nsc(-c2nnc3n2CCN(C(=O)c2ccc(Cl)c(Cl)c2)C3CCOCF)n1. The zero-order valence-corrected chi connectivity index (χ0v) is 18.2. The molecule has 12 heteroatoms. The lowest BCUT2D eigenvalue weighted by atomic mass is 10.1. The fraction of sp³-hybridized carbons (Fsp3) is 0.389. The van der Waals surface area contributed by atoms with E-state index in [9.17, 15) is 9.18 Å². The Labute approximate surface area is 185 Å². The number of aryl methyl sites for hydroxylation is 1. The quantitative estimate of drug-likeness (QED) is 0.507. The average molecular weight is 471 g/mol. The molecule has 0 bridgehead atoms. The van der Waals surface area contributed by atoms with E-state index in [1.807, 2.05) is 11.5 Å². The minimum atomic E-state index is -0.893. The summed E-state index contributed by atoms with van der Waals surface area (Å²) >= 11 is 13.3. The predicted molar refractivity (Wildman–Crippen MR) is 110 cm³/mol. The van der Waals surface area contributed by atoms with Crippen molar-refractivity contribution < 1.29 is 13.9 Å². The zero-order valence-electron chi connectivity index (χ0n) is 15.9. The number of fused-ring (bicyclic) bond motifs is 1. The number of nitrogens with zero attached hydrogens (tertiary/aromatic N) is 6. The molecule has 4 rings (SSSR count). The summed E-state index contributed by atoms with van der Waals surface area (Å²) in [5, 5.41) is 9.94. The molecule has 1 amide bonds. The molecule has 3 heterocycles. The Balaban J connectivity index is 1.67. The molecule has 0 saturated carbocycles. The van der Waals surface area contributed by atoms with Gasteiger partial charge in [-0.3, -0.25) is 4.79 Å². The van der Waals surface area contributed by atoms with Crippen molar-refractivity contribution in [2.45, 2.75) is 25.9 Å². The van der Waals surface area contributed by atoms with Crippen LogP contribution in [0.25, 0.3) is 10.8 Å². The van der Waals surface area contributed by atoms with Crippen molar-refractivity contribution in [3.63, 3.8) is 0 Å². The lowest BCUT2D eigenvalue weighted by molar-refractivity contribution is 0.0317. The van der Waals surface area contributed by atoms with E-state index in [-0.39, 0.29) is 12.5 Å². The normalized spacial score (nSPS) is 16.0. The van der Waals surface area contributed by atoms with Gasteiger partial charge in [0.1, 0.15) is 5.82 Å². The first-order chi connectivity index (χ1) is 14.5. The second kappa shape index (κ2) is 8.93. The van der Waals surface area contributed by atoms with E-state index >= 15 is 0 Å². The van der Waals surface area contributed by atoms with Gasteiger partial charge in [-0.1, -0.05) is 23.2 Å². The zero-order chi connectivity index (χ0) is 21.3. The van der Waals surface area contributed by atoms with Crippen LogP contribution in [0.1, 0.15) is 34.5 Å². The number of carbonyl (C=O) groups is 1. The van der Waals surface area contributed by atoms with E-state index in [0.717, 1.165) is 0 Å². The van der Waals surface area contributed by atoms with E-state index in [2.05, 4.69) is 19.6 Å². The third-order valence-corrected chi connectivity index (χ3v) is 6.32. The molecule has 0 saturated heterocycles. The van der Waals surface area contributed by atoms with Crippen LogP contribution in [0.3, 0.4) is 0 Å². The second-order valence-electron chi connectivity index (χ2n) is 6.63. The number of aromatic nitrogens is 5. The average Bonchev–Trinajstić information content (AvgIpc) is 3.36. The first-order valence-electron chi connectivity index (χ1n) is 9.13. The third-order valence-electron chi connectivity index (χ3n) is 4.78. The van der Waals surface area contributed by atoms with Crippen LogP contribution >= 0.6 is 34.7 Å². The fourth-order valence-electron chi connectivity index (χ4n) is 3.40. The van der Waals surface area contributed by atoms with Gasteiger partial charge >= 0.3 is 0 Å². The standard InChI is InChI=1S/C18H17Cl2FN6O2S/c1-10-22-17(30-25-10)16-24-23-15-14(4-7-29-9-21)26(5-6-27(15)16)18(28)11-2-3-12(19)13(20)8-11/h2-3,8,14H,4-7,9H2,1H3. The Morgan fingerprint density at radius 1 is 1.30 bits per heavy atom. The van der Waals surface area contributed by atoms with Crippen LogP contribution in [0.4, 0.5) is 4.39 Å². The van der Waals surface area contributed by atoms with Gasteiger partial charge in [0.15, 0.2) is 23.5 Å². The number of ether oxygens (including phenoxy) is 1. The minimum Gasteiger partial charge on any atom is -0.350 e. The molecule has 1 unspecified atom stereocenters. The molecule has 8 nitrogen and oxygen atoms in total. The molecular formula is C18H17Cl2FN6O2S. The van der Waals surface area contributed by atoms with Gasteiger partial charge in [-0.2, -0.15) is 4.37 Å². The van der Waals surface area contributed by atoms with Gasteiger partial charge in [-0.05, 0) is 43.1 Å². The van der Waals surface area contributed by atoms with E-state index in [0.29, 0.717) is 57.6 Å². The van der Waals surface area contributed by atoms with Crippen LogP contribution in [0, 0.1) is 6.92 Å². The molecule has 0 aliphatic carbocycles. The summed E-state index contributed by atoms with van der Waals surface area (Å²) in [5.74, 6) is 1.64. The number of hydrogen-bond donors (Lipinski definition) is 0. The molecule has 1 aliphatic rings. The highest BCUT2D eigenvalue weighted by Gasteiger charge is 2.35. The van der Waals surface area contributed by atoms with Gasteiger partial charge in [0.25, 0.3) is 5.91 Å². The predicted octanol–water partition coefficient (Wildman–Crippen LogP) is 3.94. The van der Waals surface area contributed by atoms with Crippen molar-refractivity contribution in [3.8, 4) is 10.8 Å². The Bertz CT molecular complexity index is 1070. The van der Waals surface area contributed by atoms with E-state index in [1.54, 1.807) is 17.0 Å². The van der Waals surface area contributed by atoms with Crippen LogP contribution in [0.2, 0.25) is 10.0 Å². The summed E-state index contributed by atoms with van der Waals surface area (Å²) < 4.78 is 23.5. The number of halogens is 3. The lowest BCUT2D eigenvalue weighted by Crippen LogP contribution is -2.43. The van der Waals surface area contributed by atoms with Crippen molar-refractivity contribution in [1.82, 2.24) is 29.0 Å². The van der Waals surface area contributed by atoms with E-state index in [4.69, 9.17) is 27.9 Å². The van der Waals surface area contributed by atoms with Crippen molar-refractivity contribution in [2.24, 2.45) is 0 Å². The number of carbonyl (C=O) groups excluding carboxylic acids is 1. The summed E-state index contributed by atoms with van der Waals surface area (Å²) in [5.41, 5.74) is 0.411. The van der Waals surface area contributed by atoms with Crippen LogP contribution in [-0.4, -0.2) is 54.9 Å². The maximum atomic E-state index is 13.2. The maximum absolute atomic E-state index is 13.2. The number of amides is 1. The van der Waals surface area contributed by atoms with Crippen LogP contribution < -0.4 is 0 Å². The van der Waals surface area contributed by atoms with E-state index in [1.165, 1.54) is 17.6 Å². The highest BCUT2D eigenvalue weighted by atomic mass is 35.5. The molecule has 0 N–H and O–H groups in total. The Hall–Kier alpha value is -2.14. The third kappa shape index (κ3) is 4.04. The number of benzene rings is 1. The molecule has 0 fully saturated rings. The van der Waals surface area contributed by atoms with Gasteiger partial charge in [-0.25, -0.2) is 9.37 Å². The number of hydrogen-bond acceptors (Lipinski definition) is 7. The van der Waals surface area contributed by atoms with Crippen LogP contribution in [0.5, 0.6) is 0 Å². The summed E-state index contributed by atoms with van der Waals surface area (Å²) in [4.78, 5) is 19.3. The smallest absolute Gasteiger partial charge is 0.254 e. The molecule has 3 aromatic rings. The summed E-state index contributed by atoms with van der Waals surface area (Å²) in [7, 11) is 0. The number of rotatable bonds is 6. The maximum Gasteiger partial charge on any atom is 0.254 e. The number of alkyl halides is 1. The van der Waals surface area contributed by atoms with Crippen molar-refractivity contribution in [1.29, 1.82) is 0 Å². The summed E-state index contributed by atoms with van der Waals surface area (Å²) in [6.45, 7) is 1.95. The Morgan fingerprint density at radius 2 is 2.13 bits per heavy atom. The van der Waals surface area contributed by atoms with Crippen LogP contribution in [-0.2, 0) is 11.3 Å². The highest BCUT2D eigenvalue weighted by Crippen LogP contribution is 2.33. The Morgan fingerprint density at radius 3 is 2.83 bits per heavy atom. The van der Waals surface area contributed by atoms with Crippen molar-refractivity contribution in [3.05, 3.63) is 45.5 Å². The van der Waals surface area contributed by atoms with Crippen molar-refractivity contribution in [2.75, 3.05) is 20.0 Å². The van der Waals surface area contributed by atoms with Gasteiger partial charge < -0.3 is 14.2 Å². The summed E-state index contributed by atoms with van der Waals surface area (Å²) in [6.07, 6.45) is 0.365. The second-order valence-corrected chi connectivity index (χ2v) is 8.20. The summed E-state index contributed by atoms with van der Waals surface area (Å²) in [6, 6.07) is 4.31. The molecule has 1 aromatic carbocycles. The van der Waals surface area contributed by atoms with Crippen molar-refractivity contribution >= 4 is 40.6 Å². The largest absolute Gasteiger partial charge is 0.350 e. The Kier molecular flexibility index (Phi) is 6.28. The monoisotopic (exact) mass is 470 g/mol. The molecule has 0 radical (unpaired) electrons. The molecule has 2 aromatic heterocycles. The van der Waals surface area contributed by atoms with E-state index < -0.39 is 12.9 Å². The topological polar surface area (TPSA) is 86.0 Å². The fourth-order valence-corrected chi connectivity index (χ4v) is 4.37. The van der Waals surface area contributed by atoms with Gasteiger partial charge in [0.05, 0.1) is 22.7 Å². The molecule has 158 valence electrons. The molecule has 1 aliphatic heterocycles. The molecule has 1 atom stereocenters. The minimum absolute atomic E-state index is 0.131. The molecule has 30 heavy (non-hydrogen) atoms. The first-order valence-corrected chi connectivity index (χ1v) is 10.7. The van der Waals surface area contributed by atoms with Crippen LogP contribution in [0.15, 0.2) is 18.2 Å².